The molecule has 180 valence electrons. The van der Waals surface area contributed by atoms with Crippen LogP contribution in [0.1, 0.15) is 42.5 Å². The Morgan fingerprint density at radius 3 is 2.65 bits per heavy atom. The summed E-state index contributed by atoms with van der Waals surface area (Å²) in [6.07, 6.45) is 5.22. The second kappa shape index (κ2) is 9.00. The second-order valence-electron chi connectivity index (χ2n) is 10.0. The maximum Gasteiger partial charge on any atom is 0.239 e. The highest BCUT2D eigenvalue weighted by Crippen LogP contribution is 2.39. The summed E-state index contributed by atoms with van der Waals surface area (Å²) in [5, 5.41) is 23.0. The Hall–Kier alpha value is -2.97. The number of hydrogen-bond acceptors (Lipinski definition) is 6. The Morgan fingerprint density at radius 2 is 1.94 bits per heavy atom. The zero-order chi connectivity index (χ0) is 23.9. The number of aryl methyl sites for hydroxylation is 3. The monoisotopic (exact) mass is 462 g/mol. The molecule has 1 saturated carbocycles. The van der Waals surface area contributed by atoms with Gasteiger partial charge < -0.3 is 15.7 Å². The molecule has 3 heterocycles. The van der Waals surface area contributed by atoms with Gasteiger partial charge in [-0.15, -0.1) is 0 Å². The molecule has 0 atom stereocenters. The van der Waals surface area contributed by atoms with Gasteiger partial charge in [-0.2, -0.15) is 5.10 Å². The van der Waals surface area contributed by atoms with Gasteiger partial charge in [0.25, 0.3) is 0 Å². The molecule has 34 heavy (non-hydrogen) atoms. The number of anilines is 1. The average Bonchev–Trinajstić information content (AvgIpc) is 3.10. The maximum absolute atomic E-state index is 12.5. The summed E-state index contributed by atoms with van der Waals surface area (Å²) >= 11 is 0. The molecule has 0 spiro atoms. The van der Waals surface area contributed by atoms with Crippen molar-refractivity contribution in [1.29, 1.82) is 0 Å². The quantitative estimate of drug-likeness (QED) is 0.521. The van der Waals surface area contributed by atoms with E-state index in [1.54, 1.807) is 0 Å². The maximum atomic E-state index is 12.5. The van der Waals surface area contributed by atoms with E-state index < -0.39 is 5.60 Å². The third-order valence-electron chi connectivity index (χ3n) is 7.44. The van der Waals surface area contributed by atoms with E-state index in [-0.39, 0.29) is 18.5 Å². The van der Waals surface area contributed by atoms with E-state index in [1.165, 1.54) is 5.56 Å². The van der Waals surface area contributed by atoms with Gasteiger partial charge in [0, 0.05) is 49.0 Å². The second-order valence-corrected chi connectivity index (χ2v) is 10.0. The van der Waals surface area contributed by atoms with Gasteiger partial charge in [-0.1, -0.05) is 17.7 Å². The first kappa shape index (κ1) is 22.8. The van der Waals surface area contributed by atoms with Crippen LogP contribution < -0.4 is 10.6 Å². The number of nitrogens with one attached hydrogen (secondary N) is 2. The van der Waals surface area contributed by atoms with E-state index in [0.717, 1.165) is 66.8 Å². The third kappa shape index (κ3) is 4.52. The lowest BCUT2D eigenvalue weighted by molar-refractivity contribution is -0.121. The molecule has 5 rings (SSSR count). The fourth-order valence-corrected chi connectivity index (χ4v) is 5.33. The molecule has 3 aromatic rings. The van der Waals surface area contributed by atoms with Crippen molar-refractivity contribution in [3.63, 3.8) is 0 Å². The third-order valence-corrected chi connectivity index (χ3v) is 7.44. The summed E-state index contributed by atoms with van der Waals surface area (Å²) in [6, 6.07) is 10.8. The number of carbonyl (C=O) groups is 1. The van der Waals surface area contributed by atoms with E-state index in [2.05, 4.69) is 50.7 Å². The van der Waals surface area contributed by atoms with Crippen molar-refractivity contribution in [3.8, 4) is 0 Å². The highest BCUT2D eigenvalue weighted by Gasteiger charge is 2.40. The highest BCUT2D eigenvalue weighted by molar-refractivity contribution is 5.92. The summed E-state index contributed by atoms with van der Waals surface area (Å²) in [7, 11) is 1.91. The molecule has 1 aliphatic heterocycles. The molecule has 1 aliphatic carbocycles. The van der Waals surface area contributed by atoms with Crippen LogP contribution in [0.3, 0.4) is 0 Å². The van der Waals surface area contributed by atoms with Crippen LogP contribution in [0.2, 0.25) is 0 Å². The number of rotatable bonds is 6. The van der Waals surface area contributed by atoms with Gasteiger partial charge in [-0.05, 0) is 57.7 Å². The SMILES string of the molecule is Cc1ccc2c(c1)c(NCC(=O)NC1CN(C3CCC(O)(c4ccc(C)nc4)CC3)C1)nn2C. The first-order valence-electron chi connectivity index (χ1n) is 12.2. The van der Waals surface area contributed by atoms with Crippen LogP contribution in [0.4, 0.5) is 5.82 Å². The highest BCUT2D eigenvalue weighted by atomic mass is 16.3. The number of fused-ring (bicyclic) bond motifs is 1. The molecule has 3 N–H and O–H groups in total. The Balaban J connectivity index is 1.07. The Morgan fingerprint density at radius 1 is 1.18 bits per heavy atom. The normalized spacial score (nSPS) is 23.6. The van der Waals surface area contributed by atoms with Crippen LogP contribution in [0.15, 0.2) is 36.5 Å². The van der Waals surface area contributed by atoms with Crippen molar-refractivity contribution in [2.75, 3.05) is 25.0 Å². The van der Waals surface area contributed by atoms with Gasteiger partial charge in [0.2, 0.25) is 5.91 Å². The molecule has 2 aromatic heterocycles. The summed E-state index contributed by atoms with van der Waals surface area (Å²) in [5.41, 5.74) is 3.33. The minimum atomic E-state index is -0.768. The lowest BCUT2D eigenvalue weighted by Crippen LogP contribution is -2.63. The molecule has 2 fully saturated rings. The van der Waals surface area contributed by atoms with Gasteiger partial charge in [0.1, 0.15) is 0 Å². The first-order valence-corrected chi connectivity index (χ1v) is 12.2. The van der Waals surface area contributed by atoms with Crippen molar-refractivity contribution in [3.05, 3.63) is 53.3 Å². The molecule has 8 nitrogen and oxygen atoms in total. The number of aromatic nitrogens is 3. The molecule has 2 aliphatic rings. The van der Waals surface area contributed by atoms with Gasteiger partial charge in [-0.25, -0.2) is 0 Å². The number of likely N-dealkylation sites (tertiary alicyclic amines) is 1. The standard InChI is InChI=1S/C26H34N6O2/c1-17-4-7-23-22(12-17)25(30-31(23)3)28-14-24(33)29-20-15-32(16-20)21-8-10-26(34,11-9-21)19-6-5-18(2)27-13-19/h4-7,12-13,20-21,34H,8-11,14-16H2,1-3H3,(H,28,30)(H,29,33). The lowest BCUT2D eigenvalue weighted by Gasteiger charge is -2.48. The zero-order valence-corrected chi connectivity index (χ0v) is 20.2. The Kier molecular flexibility index (Phi) is 6.04. The molecule has 0 bridgehead atoms. The minimum Gasteiger partial charge on any atom is -0.385 e. The van der Waals surface area contributed by atoms with Gasteiger partial charge in [0.05, 0.1) is 23.7 Å². The van der Waals surface area contributed by atoms with Gasteiger partial charge in [-0.3, -0.25) is 19.4 Å². The topological polar surface area (TPSA) is 95.3 Å². The average molecular weight is 463 g/mol. The van der Waals surface area contributed by atoms with E-state index in [1.807, 2.05) is 37.0 Å². The predicted molar refractivity (Wildman–Crippen MR) is 133 cm³/mol. The molecule has 0 unspecified atom stereocenters. The number of hydrogen-bond donors (Lipinski definition) is 3. The van der Waals surface area contributed by atoms with Crippen molar-refractivity contribution in [2.45, 2.75) is 57.2 Å². The molecule has 1 amide bonds. The number of nitrogens with zero attached hydrogens (tertiary/aromatic N) is 4. The molecule has 0 radical (unpaired) electrons. The predicted octanol–water partition coefficient (Wildman–Crippen LogP) is 2.63. The zero-order valence-electron chi connectivity index (χ0n) is 20.2. The van der Waals surface area contributed by atoms with E-state index >= 15 is 0 Å². The molecule has 1 saturated heterocycles. The van der Waals surface area contributed by atoms with Crippen molar-refractivity contribution in [1.82, 2.24) is 25.0 Å². The molecular formula is C26H34N6O2. The first-order chi connectivity index (χ1) is 16.3. The number of aliphatic hydroxyl groups is 1. The van der Waals surface area contributed by atoms with E-state index in [9.17, 15) is 9.90 Å². The summed E-state index contributed by atoms with van der Waals surface area (Å²) < 4.78 is 1.83. The molecule has 1 aromatic carbocycles. The Labute approximate surface area is 200 Å². The fourth-order valence-electron chi connectivity index (χ4n) is 5.33. The summed E-state index contributed by atoms with van der Waals surface area (Å²) in [4.78, 5) is 19.3. The van der Waals surface area contributed by atoms with Crippen LogP contribution in [-0.4, -0.2) is 62.4 Å². The number of benzene rings is 1. The van der Waals surface area contributed by atoms with Crippen molar-refractivity contribution in [2.24, 2.45) is 7.05 Å². The van der Waals surface area contributed by atoms with E-state index in [0.29, 0.717) is 6.04 Å². The van der Waals surface area contributed by atoms with Crippen molar-refractivity contribution < 1.29 is 9.90 Å². The number of amides is 1. The van der Waals surface area contributed by atoms with Crippen LogP contribution in [-0.2, 0) is 17.4 Å². The smallest absolute Gasteiger partial charge is 0.239 e. The lowest BCUT2D eigenvalue weighted by atomic mass is 9.77. The van der Waals surface area contributed by atoms with Crippen LogP contribution in [0.25, 0.3) is 10.9 Å². The summed E-state index contributed by atoms with van der Waals surface area (Å²) in [6.45, 7) is 5.95. The fraction of sp³-hybridized carbons (Fsp3) is 0.500. The minimum absolute atomic E-state index is 0.0130. The van der Waals surface area contributed by atoms with Crippen LogP contribution in [0, 0.1) is 13.8 Å². The molecule has 8 heteroatoms. The van der Waals surface area contributed by atoms with E-state index in [4.69, 9.17) is 0 Å². The van der Waals surface area contributed by atoms with Crippen LogP contribution in [0.5, 0.6) is 0 Å². The van der Waals surface area contributed by atoms with Crippen LogP contribution >= 0.6 is 0 Å². The number of pyridine rings is 1. The van der Waals surface area contributed by atoms with Gasteiger partial charge in [0.15, 0.2) is 5.82 Å². The largest absolute Gasteiger partial charge is 0.385 e. The van der Waals surface area contributed by atoms with Gasteiger partial charge >= 0.3 is 0 Å². The molecular weight excluding hydrogens is 428 g/mol. The Bertz CT molecular complexity index is 1170. The number of carbonyl (C=O) groups excluding carboxylic acids is 1. The van der Waals surface area contributed by atoms with Crippen molar-refractivity contribution >= 4 is 22.6 Å². The summed E-state index contributed by atoms with van der Waals surface area (Å²) in [5.74, 6) is 0.728.